The van der Waals surface area contributed by atoms with Crippen LogP contribution in [0.15, 0.2) is 78.9 Å². The second-order valence-electron chi connectivity index (χ2n) is 8.87. The molecule has 2 amide bonds. The molecule has 176 valence electrons. The zero-order valence-corrected chi connectivity index (χ0v) is 19.9. The summed E-state index contributed by atoms with van der Waals surface area (Å²) in [5.41, 5.74) is 4.57. The van der Waals surface area contributed by atoms with Gasteiger partial charge < -0.3 is 15.1 Å². The van der Waals surface area contributed by atoms with Gasteiger partial charge in [-0.15, -0.1) is 0 Å². The normalized spacial score (nSPS) is 13.4. The summed E-state index contributed by atoms with van der Waals surface area (Å²) in [5.74, 6) is -0.0761. The summed E-state index contributed by atoms with van der Waals surface area (Å²) in [6.45, 7) is 2.05. The zero-order valence-electron chi connectivity index (χ0n) is 19.9. The molecule has 3 aromatic carbocycles. The van der Waals surface area contributed by atoms with Crippen molar-refractivity contribution >= 4 is 28.9 Å². The smallest absolute Gasteiger partial charge is 0.258 e. The van der Waals surface area contributed by atoms with E-state index in [9.17, 15) is 9.59 Å². The van der Waals surface area contributed by atoms with Crippen molar-refractivity contribution in [3.05, 3.63) is 90.0 Å². The first kappa shape index (κ1) is 23.6. The first-order valence-corrected chi connectivity index (χ1v) is 12.2. The fourth-order valence-corrected chi connectivity index (χ4v) is 4.47. The summed E-state index contributed by atoms with van der Waals surface area (Å²) >= 11 is 0. The van der Waals surface area contributed by atoms with Crippen LogP contribution in [0.1, 0.15) is 48.0 Å². The minimum atomic E-state index is -0.0646. The Morgan fingerprint density at radius 3 is 2.26 bits per heavy atom. The fourth-order valence-electron chi connectivity index (χ4n) is 4.47. The Kier molecular flexibility index (Phi) is 7.97. The van der Waals surface area contributed by atoms with Gasteiger partial charge in [-0.1, -0.05) is 42.5 Å². The number of nitrogens with zero attached hydrogens (tertiary/aromatic N) is 2. The Balaban J connectivity index is 1.34. The van der Waals surface area contributed by atoms with E-state index >= 15 is 0 Å². The first-order chi connectivity index (χ1) is 16.6. The first-order valence-electron chi connectivity index (χ1n) is 12.2. The molecule has 1 N–H and O–H groups in total. The van der Waals surface area contributed by atoms with Gasteiger partial charge in [-0.05, 0) is 74.1 Å². The molecule has 0 aromatic heterocycles. The summed E-state index contributed by atoms with van der Waals surface area (Å²) in [6, 6.07) is 25.5. The van der Waals surface area contributed by atoms with E-state index < -0.39 is 0 Å². The van der Waals surface area contributed by atoms with Gasteiger partial charge in [0.1, 0.15) is 0 Å². The lowest BCUT2D eigenvalue weighted by atomic mass is 10.1. The Morgan fingerprint density at radius 2 is 1.53 bits per heavy atom. The van der Waals surface area contributed by atoms with Gasteiger partial charge in [0, 0.05) is 37.8 Å². The molecular formula is C29H33N3O2. The molecule has 1 saturated heterocycles. The van der Waals surface area contributed by atoms with E-state index in [4.69, 9.17) is 0 Å². The molecule has 1 fully saturated rings. The van der Waals surface area contributed by atoms with Crippen molar-refractivity contribution in [1.29, 1.82) is 0 Å². The number of hydrogen-bond acceptors (Lipinski definition) is 3. The summed E-state index contributed by atoms with van der Waals surface area (Å²) in [5, 5.41) is 2.94. The maximum atomic E-state index is 13.2. The molecule has 5 heteroatoms. The van der Waals surface area contributed by atoms with Crippen molar-refractivity contribution in [1.82, 2.24) is 0 Å². The molecule has 0 unspecified atom stereocenters. The van der Waals surface area contributed by atoms with Crippen molar-refractivity contribution in [3.8, 4) is 0 Å². The van der Waals surface area contributed by atoms with Gasteiger partial charge in [0.05, 0.1) is 11.4 Å². The summed E-state index contributed by atoms with van der Waals surface area (Å²) in [7, 11) is 1.83. The number of benzene rings is 3. The predicted molar refractivity (Wildman–Crippen MR) is 140 cm³/mol. The van der Waals surface area contributed by atoms with Crippen molar-refractivity contribution in [3.63, 3.8) is 0 Å². The maximum absolute atomic E-state index is 13.2. The van der Waals surface area contributed by atoms with Crippen LogP contribution < -0.4 is 15.1 Å². The van der Waals surface area contributed by atoms with Crippen LogP contribution in [-0.2, 0) is 11.2 Å². The third kappa shape index (κ3) is 6.04. The molecule has 0 saturated carbocycles. The van der Waals surface area contributed by atoms with Crippen LogP contribution in [0.5, 0.6) is 0 Å². The quantitative estimate of drug-likeness (QED) is 0.459. The minimum Gasteiger partial charge on any atom is -0.370 e. The molecule has 0 radical (unpaired) electrons. The summed E-state index contributed by atoms with van der Waals surface area (Å²) < 4.78 is 0. The van der Waals surface area contributed by atoms with Gasteiger partial charge in [0.25, 0.3) is 5.91 Å². The van der Waals surface area contributed by atoms with Crippen LogP contribution in [0.4, 0.5) is 17.1 Å². The van der Waals surface area contributed by atoms with Crippen LogP contribution in [0.3, 0.4) is 0 Å². The number of aryl methyl sites for hydroxylation is 1. The predicted octanol–water partition coefficient (Wildman–Crippen LogP) is 5.91. The lowest BCUT2D eigenvalue weighted by molar-refractivity contribution is -0.116. The molecule has 5 nitrogen and oxygen atoms in total. The number of rotatable bonds is 8. The molecule has 0 spiro atoms. The molecule has 1 aliphatic heterocycles. The Morgan fingerprint density at radius 1 is 0.853 bits per heavy atom. The maximum Gasteiger partial charge on any atom is 0.258 e. The minimum absolute atomic E-state index is 0.0115. The molecule has 0 bridgehead atoms. The topological polar surface area (TPSA) is 52.7 Å². The van der Waals surface area contributed by atoms with E-state index in [1.54, 1.807) is 29.2 Å². The lowest BCUT2D eigenvalue weighted by Gasteiger charge is -2.32. The number of anilines is 3. The second-order valence-corrected chi connectivity index (χ2v) is 8.87. The Bertz CT molecular complexity index is 1090. The van der Waals surface area contributed by atoms with Crippen molar-refractivity contribution < 1.29 is 9.59 Å². The lowest BCUT2D eigenvalue weighted by Crippen LogP contribution is -2.33. The van der Waals surface area contributed by atoms with Crippen LogP contribution in [0, 0.1) is 0 Å². The second kappa shape index (κ2) is 11.5. The van der Waals surface area contributed by atoms with Crippen molar-refractivity contribution in [2.24, 2.45) is 0 Å². The molecule has 4 rings (SSSR count). The van der Waals surface area contributed by atoms with Crippen LogP contribution >= 0.6 is 0 Å². The van der Waals surface area contributed by atoms with E-state index in [1.165, 1.54) is 24.8 Å². The van der Waals surface area contributed by atoms with Crippen LogP contribution in [0.25, 0.3) is 0 Å². The number of carbonyl (C=O) groups excluding carboxylic acids is 2. The van der Waals surface area contributed by atoms with Gasteiger partial charge in [0.15, 0.2) is 0 Å². The highest BCUT2D eigenvalue weighted by atomic mass is 16.2. The monoisotopic (exact) mass is 455 g/mol. The largest absolute Gasteiger partial charge is 0.370 e. The van der Waals surface area contributed by atoms with E-state index in [1.807, 2.05) is 43.4 Å². The highest BCUT2D eigenvalue weighted by Gasteiger charge is 2.20. The van der Waals surface area contributed by atoms with E-state index in [0.717, 1.165) is 37.3 Å². The fraction of sp³-hybridized carbons (Fsp3) is 0.310. The standard InChI is InChI=1S/C29H33N3O2/c1-31(26-14-6-7-15-27(26)32-21-8-3-9-22-32)29(34)24-17-19-25(20-18-24)30-28(33)16-10-13-23-11-4-2-5-12-23/h2,4-7,11-12,14-15,17-20H,3,8-10,13,16,21-22H2,1H3,(H,30,33). The van der Waals surface area contributed by atoms with Crippen LogP contribution in [0.2, 0.25) is 0 Å². The zero-order chi connectivity index (χ0) is 23.8. The molecule has 0 aliphatic carbocycles. The van der Waals surface area contributed by atoms with Gasteiger partial charge in [0.2, 0.25) is 5.91 Å². The number of hydrogen-bond donors (Lipinski definition) is 1. The number of nitrogens with one attached hydrogen (secondary N) is 1. The van der Waals surface area contributed by atoms with Gasteiger partial charge >= 0.3 is 0 Å². The third-order valence-corrected chi connectivity index (χ3v) is 6.37. The highest BCUT2D eigenvalue weighted by Crippen LogP contribution is 2.31. The molecular weight excluding hydrogens is 422 g/mol. The highest BCUT2D eigenvalue weighted by molar-refractivity contribution is 6.07. The molecule has 1 aliphatic rings. The van der Waals surface area contributed by atoms with Gasteiger partial charge in [-0.2, -0.15) is 0 Å². The molecule has 3 aromatic rings. The Hall–Kier alpha value is -3.60. The Labute approximate surface area is 202 Å². The van der Waals surface area contributed by atoms with Gasteiger partial charge in [-0.3, -0.25) is 9.59 Å². The van der Waals surface area contributed by atoms with Crippen LogP contribution in [-0.4, -0.2) is 32.0 Å². The molecule has 1 heterocycles. The molecule has 0 atom stereocenters. The van der Waals surface area contributed by atoms with Crippen molar-refractivity contribution in [2.45, 2.75) is 38.5 Å². The number of carbonyl (C=O) groups is 2. The average molecular weight is 456 g/mol. The number of para-hydroxylation sites is 2. The van der Waals surface area contributed by atoms with Crippen molar-refractivity contribution in [2.75, 3.05) is 35.3 Å². The SMILES string of the molecule is CN(C(=O)c1ccc(NC(=O)CCCc2ccccc2)cc1)c1ccccc1N1CCCCC1. The summed E-state index contributed by atoms with van der Waals surface area (Å²) in [6.07, 6.45) is 5.78. The average Bonchev–Trinajstić information content (AvgIpc) is 2.89. The number of amides is 2. The summed E-state index contributed by atoms with van der Waals surface area (Å²) in [4.78, 5) is 29.6. The molecule has 34 heavy (non-hydrogen) atoms. The van der Waals surface area contributed by atoms with E-state index in [-0.39, 0.29) is 11.8 Å². The number of piperidine rings is 1. The van der Waals surface area contributed by atoms with E-state index in [2.05, 4.69) is 28.4 Å². The van der Waals surface area contributed by atoms with Gasteiger partial charge in [-0.25, -0.2) is 0 Å². The van der Waals surface area contributed by atoms with E-state index in [0.29, 0.717) is 17.7 Å². The third-order valence-electron chi connectivity index (χ3n) is 6.37.